The molecule has 5 rings (SSSR count). The van der Waals surface area contributed by atoms with Crippen molar-refractivity contribution in [1.82, 2.24) is 34.4 Å². The molecule has 11 heteroatoms. The largest absolute Gasteiger partial charge is 0.332 e. The van der Waals surface area contributed by atoms with Crippen molar-refractivity contribution in [3.63, 3.8) is 0 Å². The fourth-order valence-corrected chi connectivity index (χ4v) is 4.38. The van der Waals surface area contributed by atoms with Gasteiger partial charge in [-0.1, -0.05) is 26.0 Å². The Morgan fingerprint density at radius 3 is 2.58 bits per heavy atom. The molecule has 1 aromatic carbocycles. The van der Waals surface area contributed by atoms with Crippen LogP contribution in [0.2, 0.25) is 0 Å². The molecule has 0 radical (unpaired) electrons. The molecule has 1 aliphatic heterocycles. The molecule has 188 valence electrons. The maximum absolute atomic E-state index is 13.1. The maximum atomic E-state index is 13.1. The van der Waals surface area contributed by atoms with E-state index in [0.29, 0.717) is 55.0 Å². The highest BCUT2D eigenvalue weighted by molar-refractivity contribution is 5.75. The van der Waals surface area contributed by atoms with Crippen LogP contribution in [0.4, 0.5) is 4.39 Å². The first-order chi connectivity index (χ1) is 17.5. The fourth-order valence-electron chi connectivity index (χ4n) is 4.38. The quantitative estimate of drug-likeness (QED) is 0.371. The van der Waals surface area contributed by atoms with Gasteiger partial charge >= 0.3 is 5.69 Å². The summed E-state index contributed by atoms with van der Waals surface area (Å²) < 4.78 is 17.7. The second kappa shape index (κ2) is 9.94. The van der Waals surface area contributed by atoms with E-state index in [4.69, 9.17) is 4.84 Å². The number of aromatic amines is 1. The Labute approximate surface area is 206 Å². The lowest BCUT2D eigenvalue weighted by atomic mass is 10.1. The number of nitrogens with one attached hydrogen (secondary N) is 2. The topological polar surface area (TPSA) is 112 Å². The van der Waals surface area contributed by atoms with E-state index in [2.05, 4.69) is 20.5 Å². The molecule has 0 aliphatic carbocycles. The van der Waals surface area contributed by atoms with Crippen molar-refractivity contribution in [2.24, 2.45) is 0 Å². The number of allylic oxidation sites excluding steroid dienone is 1. The molecule has 0 saturated heterocycles. The number of aromatic nitrogens is 6. The highest BCUT2D eigenvalue weighted by atomic mass is 19.1. The van der Waals surface area contributed by atoms with Crippen molar-refractivity contribution >= 4 is 11.2 Å². The van der Waals surface area contributed by atoms with Crippen LogP contribution in [0.1, 0.15) is 32.3 Å². The zero-order chi connectivity index (χ0) is 25.2. The number of benzene rings is 1. The monoisotopic (exact) mass is 493 g/mol. The number of nitrogens with zero attached hydrogens (tertiary/aromatic N) is 5. The Balaban J connectivity index is 1.37. The van der Waals surface area contributed by atoms with Gasteiger partial charge in [0.05, 0.1) is 24.0 Å². The second-order valence-electron chi connectivity index (χ2n) is 8.88. The van der Waals surface area contributed by atoms with E-state index < -0.39 is 0 Å². The van der Waals surface area contributed by atoms with Gasteiger partial charge in [-0.2, -0.15) is 5.10 Å². The molecular formula is C25H28FN7O3. The SMILES string of the molecule is CCCn1c(=O)c2[nH]c(-c3cnn(CC4=CC(Cc5ccc(F)cc5)ON4)c3)nc2n(CCC)c1=O. The van der Waals surface area contributed by atoms with Gasteiger partial charge < -0.3 is 4.98 Å². The van der Waals surface area contributed by atoms with Gasteiger partial charge in [0.1, 0.15) is 23.3 Å². The van der Waals surface area contributed by atoms with Crippen LogP contribution in [0.3, 0.4) is 0 Å². The van der Waals surface area contributed by atoms with Crippen LogP contribution in [0, 0.1) is 5.82 Å². The molecule has 10 nitrogen and oxygen atoms in total. The van der Waals surface area contributed by atoms with E-state index in [1.807, 2.05) is 26.1 Å². The fraction of sp³-hybridized carbons (Fsp3) is 0.360. The van der Waals surface area contributed by atoms with Crippen molar-refractivity contribution in [3.8, 4) is 11.4 Å². The Bertz CT molecular complexity index is 1530. The van der Waals surface area contributed by atoms with E-state index in [9.17, 15) is 14.0 Å². The van der Waals surface area contributed by atoms with Crippen molar-refractivity contribution in [2.45, 2.75) is 58.8 Å². The van der Waals surface area contributed by atoms with Crippen LogP contribution in [0.25, 0.3) is 22.6 Å². The van der Waals surface area contributed by atoms with Crippen LogP contribution in [0.5, 0.6) is 0 Å². The minimum Gasteiger partial charge on any atom is -0.332 e. The van der Waals surface area contributed by atoms with Crippen LogP contribution < -0.4 is 16.7 Å². The third-order valence-corrected chi connectivity index (χ3v) is 6.07. The Kier molecular flexibility index (Phi) is 6.55. The summed E-state index contributed by atoms with van der Waals surface area (Å²) in [6.07, 6.45) is 7.33. The van der Waals surface area contributed by atoms with Gasteiger partial charge in [0.25, 0.3) is 5.56 Å². The van der Waals surface area contributed by atoms with Crippen LogP contribution in [-0.2, 0) is 30.9 Å². The average Bonchev–Trinajstić information content (AvgIpc) is 3.61. The van der Waals surface area contributed by atoms with E-state index in [-0.39, 0.29) is 23.2 Å². The number of aryl methyl sites for hydroxylation is 1. The van der Waals surface area contributed by atoms with Gasteiger partial charge in [0.15, 0.2) is 5.65 Å². The zero-order valence-corrected chi connectivity index (χ0v) is 20.2. The van der Waals surface area contributed by atoms with Crippen LogP contribution >= 0.6 is 0 Å². The molecule has 2 N–H and O–H groups in total. The lowest BCUT2D eigenvalue weighted by molar-refractivity contribution is 0.0411. The predicted octanol–water partition coefficient (Wildman–Crippen LogP) is 2.74. The highest BCUT2D eigenvalue weighted by Gasteiger charge is 2.20. The number of halogens is 1. The van der Waals surface area contributed by atoms with Crippen LogP contribution in [-0.4, -0.2) is 35.0 Å². The molecule has 3 aromatic heterocycles. The first-order valence-corrected chi connectivity index (χ1v) is 12.1. The molecule has 0 fully saturated rings. The minimum absolute atomic E-state index is 0.170. The average molecular weight is 494 g/mol. The lowest BCUT2D eigenvalue weighted by Gasteiger charge is -2.09. The van der Waals surface area contributed by atoms with Crippen molar-refractivity contribution in [3.05, 3.63) is 80.7 Å². The second-order valence-corrected chi connectivity index (χ2v) is 8.88. The van der Waals surface area contributed by atoms with Gasteiger partial charge in [-0.25, -0.2) is 14.2 Å². The number of fused-ring (bicyclic) bond motifs is 1. The number of H-pyrrole nitrogens is 1. The standard InChI is InChI=1S/C25H28FN7O3/c1-3-9-32-23-21(24(34)33(10-4-2)25(32)35)28-22(29-23)17-13-27-31(14-17)15-19-12-20(36-30-19)11-16-5-7-18(26)8-6-16/h5-8,12-14,20,30H,3-4,9-11,15H2,1-2H3,(H,28,29). The van der Waals surface area contributed by atoms with E-state index >= 15 is 0 Å². The van der Waals surface area contributed by atoms with E-state index in [1.165, 1.54) is 16.7 Å². The molecule has 1 aliphatic rings. The molecule has 0 bridgehead atoms. The van der Waals surface area contributed by atoms with Gasteiger partial charge in [-0.3, -0.25) is 28.9 Å². The molecule has 0 saturated carbocycles. The predicted molar refractivity (Wildman–Crippen MR) is 133 cm³/mol. The molecule has 4 aromatic rings. The highest BCUT2D eigenvalue weighted by Crippen LogP contribution is 2.19. The lowest BCUT2D eigenvalue weighted by Crippen LogP contribution is -2.40. The Morgan fingerprint density at radius 2 is 1.83 bits per heavy atom. The summed E-state index contributed by atoms with van der Waals surface area (Å²) in [4.78, 5) is 39.2. The maximum Gasteiger partial charge on any atom is 0.332 e. The summed E-state index contributed by atoms with van der Waals surface area (Å²) >= 11 is 0. The summed E-state index contributed by atoms with van der Waals surface area (Å²) in [6, 6.07) is 6.36. The van der Waals surface area contributed by atoms with Gasteiger partial charge in [0.2, 0.25) is 0 Å². The van der Waals surface area contributed by atoms with E-state index in [1.54, 1.807) is 27.6 Å². The summed E-state index contributed by atoms with van der Waals surface area (Å²) in [5.74, 6) is 0.213. The summed E-state index contributed by atoms with van der Waals surface area (Å²) in [6.45, 7) is 5.18. The van der Waals surface area contributed by atoms with Gasteiger partial charge in [-0.05, 0) is 36.6 Å². The summed E-state index contributed by atoms with van der Waals surface area (Å²) in [7, 11) is 0. The molecule has 1 atom stereocenters. The molecular weight excluding hydrogens is 465 g/mol. The van der Waals surface area contributed by atoms with Gasteiger partial charge in [-0.15, -0.1) is 0 Å². The minimum atomic E-state index is -0.361. The molecule has 36 heavy (non-hydrogen) atoms. The number of rotatable bonds is 9. The first-order valence-electron chi connectivity index (χ1n) is 12.1. The number of imidazole rings is 1. The van der Waals surface area contributed by atoms with Crippen molar-refractivity contribution in [2.75, 3.05) is 0 Å². The molecule has 0 amide bonds. The zero-order valence-electron chi connectivity index (χ0n) is 20.2. The third kappa shape index (κ3) is 4.61. The van der Waals surface area contributed by atoms with Crippen molar-refractivity contribution in [1.29, 1.82) is 0 Å². The Morgan fingerprint density at radius 1 is 1.08 bits per heavy atom. The molecule has 4 heterocycles. The molecule has 0 spiro atoms. The smallest absolute Gasteiger partial charge is 0.332 e. The van der Waals surface area contributed by atoms with Crippen molar-refractivity contribution < 1.29 is 9.23 Å². The normalized spacial score (nSPS) is 15.4. The summed E-state index contributed by atoms with van der Waals surface area (Å²) in [5, 5.41) is 4.42. The summed E-state index contributed by atoms with van der Waals surface area (Å²) in [5.41, 5.74) is 5.44. The van der Waals surface area contributed by atoms with E-state index in [0.717, 1.165) is 17.7 Å². The van der Waals surface area contributed by atoms with Crippen LogP contribution in [0.15, 0.2) is 58.0 Å². The van der Waals surface area contributed by atoms with Gasteiger partial charge in [0, 0.05) is 25.7 Å². The number of hydrogen-bond donors (Lipinski definition) is 2. The Hall–Kier alpha value is -3.99. The first kappa shape index (κ1) is 23.7. The number of hydrogen-bond acceptors (Lipinski definition) is 6. The molecule has 1 unspecified atom stereocenters. The number of hydroxylamine groups is 1. The third-order valence-electron chi connectivity index (χ3n) is 6.07.